The normalized spacial score (nSPS) is 14.6. The van der Waals surface area contributed by atoms with Crippen molar-refractivity contribution in [3.63, 3.8) is 0 Å². The van der Waals surface area contributed by atoms with Gasteiger partial charge in [-0.3, -0.25) is 10.1 Å². The van der Waals surface area contributed by atoms with E-state index in [0.717, 1.165) is 24.4 Å². The fraction of sp³-hybridized carbons (Fsp3) is 0.583. The average Bonchev–Trinajstić information content (AvgIpc) is 3.09. The van der Waals surface area contributed by atoms with Crippen LogP contribution in [0.3, 0.4) is 0 Å². The lowest BCUT2D eigenvalue weighted by Crippen LogP contribution is -2.06. The SMILES string of the molecule is Cc1cnc(NCCCC2CC2)c([N+](=O)[O-])c1. The summed E-state index contributed by atoms with van der Waals surface area (Å²) < 4.78 is 0. The third kappa shape index (κ3) is 3.41. The van der Waals surface area contributed by atoms with E-state index in [4.69, 9.17) is 0 Å². The van der Waals surface area contributed by atoms with Crippen molar-refractivity contribution in [3.8, 4) is 0 Å². The summed E-state index contributed by atoms with van der Waals surface area (Å²) in [5, 5.41) is 13.9. The van der Waals surface area contributed by atoms with Gasteiger partial charge in [-0.2, -0.15) is 0 Å². The van der Waals surface area contributed by atoms with E-state index in [9.17, 15) is 10.1 Å². The highest BCUT2D eigenvalue weighted by Crippen LogP contribution is 2.33. The van der Waals surface area contributed by atoms with Crippen LogP contribution in [0, 0.1) is 23.0 Å². The number of rotatable bonds is 6. The third-order valence-electron chi connectivity index (χ3n) is 2.98. The quantitative estimate of drug-likeness (QED) is 0.467. The fourth-order valence-electron chi connectivity index (χ4n) is 1.83. The summed E-state index contributed by atoms with van der Waals surface area (Å²) in [4.78, 5) is 14.5. The highest BCUT2D eigenvalue weighted by Gasteiger charge is 2.20. The smallest absolute Gasteiger partial charge is 0.311 e. The average molecular weight is 235 g/mol. The van der Waals surface area contributed by atoms with Crippen LogP contribution in [0.1, 0.15) is 31.2 Å². The molecule has 17 heavy (non-hydrogen) atoms. The molecule has 1 aliphatic carbocycles. The maximum atomic E-state index is 10.9. The predicted molar refractivity (Wildman–Crippen MR) is 66.1 cm³/mol. The molecule has 1 aromatic rings. The van der Waals surface area contributed by atoms with Crippen LogP contribution in [-0.2, 0) is 0 Å². The van der Waals surface area contributed by atoms with Crippen LogP contribution in [-0.4, -0.2) is 16.5 Å². The lowest BCUT2D eigenvalue weighted by Gasteiger charge is -2.06. The number of aromatic nitrogens is 1. The van der Waals surface area contributed by atoms with Gasteiger partial charge in [0.1, 0.15) is 0 Å². The molecule has 0 unspecified atom stereocenters. The van der Waals surface area contributed by atoms with E-state index in [1.165, 1.54) is 19.3 Å². The van der Waals surface area contributed by atoms with Crippen molar-refractivity contribution >= 4 is 11.5 Å². The van der Waals surface area contributed by atoms with Gasteiger partial charge in [0.2, 0.25) is 5.82 Å². The summed E-state index contributed by atoms with van der Waals surface area (Å²) in [6.07, 6.45) is 6.62. The first-order chi connectivity index (χ1) is 8.16. The summed E-state index contributed by atoms with van der Waals surface area (Å²) >= 11 is 0. The highest BCUT2D eigenvalue weighted by atomic mass is 16.6. The van der Waals surface area contributed by atoms with E-state index >= 15 is 0 Å². The molecule has 0 aromatic carbocycles. The van der Waals surface area contributed by atoms with Crippen LogP contribution in [0.5, 0.6) is 0 Å². The second kappa shape index (κ2) is 5.12. The second-order valence-corrected chi connectivity index (χ2v) is 4.65. The third-order valence-corrected chi connectivity index (χ3v) is 2.98. The Morgan fingerprint density at radius 2 is 2.35 bits per heavy atom. The molecule has 0 amide bonds. The fourth-order valence-corrected chi connectivity index (χ4v) is 1.83. The van der Waals surface area contributed by atoms with Crippen LogP contribution >= 0.6 is 0 Å². The van der Waals surface area contributed by atoms with Crippen LogP contribution in [0.2, 0.25) is 0 Å². The molecular formula is C12H17N3O2. The Labute approximate surface area is 100 Å². The number of nitrogens with one attached hydrogen (secondary N) is 1. The zero-order valence-corrected chi connectivity index (χ0v) is 9.98. The standard InChI is InChI=1S/C12H17N3O2/c1-9-7-11(15(16)17)12(14-8-9)13-6-2-3-10-4-5-10/h7-8,10H,2-6H2,1H3,(H,13,14). The van der Waals surface area contributed by atoms with Crippen molar-refractivity contribution in [2.45, 2.75) is 32.6 Å². The summed E-state index contributed by atoms with van der Waals surface area (Å²) in [5.41, 5.74) is 0.872. The number of hydrogen-bond donors (Lipinski definition) is 1. The first-order valence-electron chi connectivity index (χ1n) is 6.01. The summed E-state index contributed by atoms with van der Waals surface area (Å²) in [7, 11) is 0. The Morgan fingerprint density at radius 1 is 1.59 bits per heavy atom. The van der Waals surface area contributed by atoms with Gasteiger partial charge in [0.15, 0.2) is 0 Å². The Balaban J connectivity index is 1.91. The van der Waals surface area contributed by atoms with Gasteiger partial charge in [-0.15, -0.1) is 0 Å². The molecule has 5 nitrogen and oxygen atoms in total. The predicted octanol–water partition coefficient (Wildman–Crippen LogP) is 2.90. The molecule has 0 radical (unpaired) electrons. The molecule has 5 heteroatoms. The molecule has 1 fully saturated rings. The van der Waals surface area contributed by atoms with E-state index in [-0.39, 0.29) is 10.6 Å². The van der Waals surface area contributed by atoms with Crippen molar-refractivity contribution in [2.24, 2.45) is 5.92 Å². The molecular weight excluding hydrogens is 218 g/mol. The minimum atomic E-state index is -0.386. The van der Waals surface area contributed by atoms with Crippen molar-refractivity contribution in [3.05, 3.63) is 27.9 Å². The molecule has 1 saturated carbocycles. The van der Waals surface area contributed by atoms with E-state index in [2.05, 4.69) is 10.3 Å². The molecule has 0 spiro atoms. The van der Waals surface area contributed by atoms with Crippen LogP contribution in [0.25, 0.3) is 0 Å². The largest absolute Gasteiger partial charge is 0.364 e. The Kier molecular flexibility index (Phi) is 3.56. The van der Waals surface area contributed by atoms with Gasteiger partial charge >= 0.3 is 5.69 Å². The lowest BCUT2D eigenvalue weighted by atomic mass is 10.2. The van der Waals surface area contributed by atoms with Gasteiger partial charge in [0, 0.05) is 18.8 Å². The maximum Gasteiger partial charge on any atom is 0.311 e. The van der Waals surface area contributed by atoms with E-state index in [1.54, 1.807) is 19.2 Å². The summed E-state index contributed by atoms with van der Waals surface area (Å²) in [5.74, 6) is 1.29. The number of hydrogen-bond acceptors (Lipinski definition) is 4. The number of nitrogens with zero attached hydrogens (tertiary/aromatic N) is 2. The van der Waals surface area contributed by atoms with Crippen molar-refractivity contribution in [2.75, 3.05) is 11.9 Å². The van der Waals surface area contributed by atoms with Gasteiger partial charge in [0.05, 0.1) is 4.92 Å². The van der Waals surface area contributed by atoms with E-state index in [0.29, 0.717) is 5.82 Å². The Morgan fingerprint density at radius 3 is 3.00 bits per heavy atom. The molecule has 1 heterocycles. The summed E-state index contributed by atoms with van der Waals surface area (Å²) in [6.45, 7) is 2.56. The topological polar surface area (TPSA) is 68.1 Å². The first-order valence-corrected chi connectivity index (χ1v) is 6.01. The van der Waals surface area contributed by atoms with Crippen LogP contribution in [0.4, 0.5) is 11.5 Å². The van der Waals surface area contributed by atoms with E-state index < -0.39 is 0 Å². The Hall–Kier alpha value is -1.65. The van der Waals surface area contributed by atoms with Gasteiger partial charge in [-0.1, -0.05) is 12.8 Å². The highest BCUT2D eigenvalue weighted by molar-refractivity contribution is 5.56. The monoisotopic (exact) mass is 235 g/mol. The van der Waals surface area contributed by atoms with Crippen molar-refractivity contribution in [1.82, 2.24) is 4.98 Å². The van der Waals surface area contributed by atoms with Gasteiger partial charge < -0.3 is 5.32 Å². The minimum Gasteiger partial charge on any atom is -0.364 e. The molecule has 1 aromatic heterocycles. The minimum absolute atomic E-state index is 0.0661. The van der Waals surface area contributed by atoms with Crippen LogP contribution < -0.4 is 5.32 Å². The zero-order chi connectivity index (χ0) is 12.3. The first kappa shape index (κ1) is 11.8. The molecule has 1 N–H and O–H groups in total. The molecule has 0 atom stereocenters. The van der Waals surface area contributed by atoms with E-state index in [1.807, 2.05) is 0 Å². The van der Waals surface area contributed by atoms with Crippen LogP contribution in [0.15, 0.2) is 12.3 Å². The van der Waals surface area contributed by atoms with Gasteiger partial charge in [-0.05, 0) is 31.2 Å². The lowest BCUT2D eigenvalue weighted by molar-refractivity contribution is -0.384. The molecule has 1 aliphatic rings. The molecule has 92 valence electrons. The van der Waals surface area contributed by atoms with Gasteiger partial charge in [-0.25, -0.2) is 4.98 Å². The number of anilines is 1. The Bertz CT molecular complexity index is 416. The zero-order valence-electron chi connectivity index (χ0n) is 9.98. The maximum absolute atomic E-state index is 10.9. The number of pyridine rings is 1. The molecule has 0 aliphatic heterocycles. The van der Waals surface area contributed by atoms with Crippen molar-refractivity contribution in [1.29, 1.82) is 0 Å². The summed E-state index contributed by atoms with van der Waals surface area (Å²) in [6, 6.07) is 1.55. The molecule has 2 rings (SSSR count). The number of nitro groups is 1. The molecule has 0 saturated heterocycles. The second-order valence-electron chi connectivity index (χ2n) is 4.65. The van der Waals surface area contributed by atoms with Crippen molar-refractivity contribution < 1.29 is 4.92 Å². The number of aryl methyl sites for hydroxylation is 1. The molecule has 0 bridgehead atoms. The van der Waals surface area contributed by atoms with Gasteiger partial charge in [0.25, 0.3) is 0 Å².